The molecular formula is C86H86BN3. The zero-order valence-electron chi connectivity index (χ0n) is 55.4. The van der Waals surface area contributed by atoms with E-state index >= 15 is 0 Å². The van der Waals surface area contributed by atoms with E-state index in [1.807, 2.05) is 6.08 Å². The maximum Gasteiger partial charge on any atom is 0.252 e. The molecule has 15 rings (SSSR count). The molecule has 90 heavy (non-hydrogen) atoms. The molecule has 448 valence electrons. The second-order valence-corrected chi connectivity index (χ2v) is 31.1. The normalized spacial score (nSPS) is 20.2. The van der Waals surface area contributed by atoms with Crippen molar-refractivity contribution >= 4 is 74.2 Å². The third-order valence-electron chi connectivity index (χ3n) is 22.0. The summed E-state index contributed by atoms with van der Waals surface area (Å²) in [6.07, 6.45) is 13.2. The van der Waals surface area contributed by atoms with E-state index < -0.39 is 0 Å². The lowest BCUT2D eigenvalue weighted by Gasteiger charge is -2.53. The van der Waals surface area contributed by atoms with Gasteiger partial charge in [0.05, 0.1) is 11.2 Å². The van der Waals surface area contributed by atoms with Gasteiger partial charge in [-0.2, -0.15) is 0 Å². The molecule has 0 saturated heterocycles. The zero-order valence-corrected chi connectivity index (χ0v) is 55.4. The minimum Gasteiger partial charge on any atom is -0.334 e. The lowest BCUT2D eigenvalue weighted by atomic mass is 9.33. The van der Waals surface area contributed by atoms with Crippen LogP contribution in [0.4, 0.5) is 45.5 Å². The van der Waals surface area contributed by atoms with E-state index in [2.05, 4.69) is 316 Å². The molecule has 0 spiro atoms. The minimum absolute atomic E-state index is 0.00845. The van der Waals surface area contributed by atoms with Crippen LogP contribution in [0.25, 0.3) is 27.8 Å². The van der Waals surface area contributed by atoms with Crippen molar-refractivity contribution < 1.29 is 0 Å². The molecule has 0 N–H and O–H groups in total. The van der Waals surface area contributed by atoms with Crippen LogP contribution in [-0.4, -0.2) is 12.3 Å². The smallest absolute Gasteiger partial charge is 0.252 e. The quantitative estimate of drug-likeness (QED) is 0.116. The van der Waals surface area contributed by atoms with Gasteiger partial charge in [0.15, 0.2) is 0 Å². The highest BCUT2D eigenvalue weighted by atomic mass is 15.3. The van der Waals surface area contributed by atoms with E-state index in [9.17, 15) is 0 Å². The van der Waals surface area contributed by atoms with Gasteiger partial charge in [-0.3, -0.25) is 0 Å². The van der Waals surface area contributed by atoms with Crippen molar-refractivity contribution in [3.63, 3.8) is 0 Å². The van der Waals surface area contributed by atoms with Crippen LogP contribution >= 0.6 is 0 Å². The van der Waals surface area contributed by atoms with Gasteiger partial charge in [0.1, 0.15) is 0 Å². The first-order chi connectivity index (χ1) is 43.0. The summed E-state index contributed by atoms with van der Waals surface area (Å²) in [7, 11) is 0. The second kappa shape index (κ2) is 20.8. The molecule has 1 fully saturated rings. The van der Waals surface area contributed by atoms with Crippen LogP contribution in [0.15, 0.2) is 218 Å². The van der Waals surface area contributed by atoms with E-state index in [0.717, 1.165) is 43.4 Å². The Bertz CT molecular complexity index is 4510. The maximum atomic E-state index is 3.41. The van der Waals surface area contributed by atoms with Gasteiger partial charge in [0.2, 0.25) is 0 Å². The molecule has 3 aliphatic heterocycles. The van der Waals surface area contributed by atoms with Crippen molar-refractivity contribution in [3.05, 3.63) is 262 Å². The van der Waals surface area contributed by atoms with E-state index in [4.69, 9.17) is 0 Å². The highest BCUT2D eigenvalue weighted by Gasteiger charge is 2.62. The third kappa shape index (κ3) is 9.06. The van der Waals surface area contributed by atoms with Crippen molar-refractivity contribution in [2.24, 2.45) is 0 Å². The second-order valence-electron chi connectivity index (χ2n) is 31.1. The molecule has 3 atom stereocenters. The van der Waals surface area contributed by atoms with Gasteiger partial charge in [0.25, 0.3) is 6.71 Å². The monoisotopic (exact) mass is 1170 g/mol. The van der Waals surface area contributed by atoms with Crippen molar-refractivity contribution in [3.8, 4) is 22.3 Å². The molecule has 4 heteroatoms. The molecular weight excluding hydrogens is 1090 g/mol. The lowest BCUT2D eigenvalue weighted by Crippen LogP contribution is -2.62. The van der Waals surface area contributed by atoms with Gasteiger partial charge in [-0.15, -0.1) is 0 Å². The van der Waals surface area contributed by atoms with Crippen LogP contribution in [0.1, 0.15) is 179 Å². The van der Waals surface area contributed by atoms with Crippen molar-refractivity contribution in [2.45, 2.75) is 167 Å². The van der Waals surface area contributed by atoms with E-state index in [1.165, 1.54) is 129 Å². The number of benzene rings is 9. The Morgan fingerprint density at radius 2 is 1.04 bits per heavy atom. The van der Waals surface area contributed by atoms with Crippen molar-refractivity contribution in [2.75, 3.05) is 14.7 Å². The van der Waals surface area contributed by atoms with E-state index in [-0.39, 0.29) is 39.3 Å². The molecule has 0 amide bonds. The van der Waals surface area contributed by atoms with E-state index in [0.29, 0.717) is 5.92 Å². The van der Waals surface area contributed by atoms with Crippen molar-refractivity contribution in [1.82, 2.24) is 0 Å². The van der Waals surface area contributed by atoms with Crippen molar-refractivity contribution in [1.29, 1.82) is 0 Å². The molecule has 3 aliphatic carbocycles. The Labute approximate surface area is 537 Å². The van der Waals surface area contributed by atoms with Crippen LogP contribution in [0.5, 0.6) is 0 Å². The van der Waals surface area contributed by atoms with Crippen LogP contribution in [0, 0.1) is 0 Å². The summed E-state index contributed by atoms with van der Waals surface area (Å²) in [4.78, 5) is 8.27. The van der Waals surface area contributed by atoms with Gasteiger partial charge < -0.3 is 14.7 Å². The van der Waals surface area contributed by atoms with Crippen LogP contribution in [-0.2, 0) is 27.1 Å². The summed E-state index contributed by atoms with van der Waals surface area (Å²) in [5.41, 5.74) is 36.8. The third-order valence-corrected chi connectivity index (χ3v) is 22.0. The molecule has 6 aliphatic rings. The number of hydrogen-bond donors (Lipinski definition) is 0. The zero-order chi connectivity index (χ0) is 62.4. The van der Waals surface area contributed by atoms with Gasteiger partial charge in [0, 0.05) is 50.8 Å². The summed E-state index contributed by atoms with van der Waals surface area (Å²) in [5.74, 6) is 0.402. The topological polar surface area (TPSA) is 9.72 Å². The summed E-state index contributed by atoms with van der Waals surface area (Å²) in [5, 5.41) is 0. The number of hydrogen-bond acceptors (Lipinski definition) is 3. The van der Waals surface area contributed by atoms with Crippen LogP contribution in [0.3, 0.4) is 0 Å². The summed E-state index contributed by atoms with van der Waals surface area (Å²) >= 11 is 0. The van der Waals surface area contributed by atoms with Gasteiger partial charge in [-0.1, -0.05) is 241 Å². The summed E-state index contributed by atoms with van der Waals surface area (Å²) in [6.45, 7) is 31.2. The minimum atomic E-state index is -0.347. The number of anilines is 8. The fourth-order valence-corrected chi connectivity index (χ4v) is 16.9. The highest BCUT2D eigenvalue weighted by molar-refractivity contribution is 7.00. The van der Waals surface area contributed by atoms with Gasteiger partial charge >= 0.3 is 0 Å². The molecule has 9 aromatic carbocycles. The fourth-order valence-electron chi connectivity index (χ4n) is 16.9. The first-order valence-corrected chi connectivity index (χ1v) is 33.4. The fraction of sp³-hybridized carbons (Fsp3) is 0.302. The number of allylic oxidation sites excluding steroid dienone is 4. The van der Waals surface area contributed by atoms with Crippen LogP contribution in [0.2, 0.25) is 0 Å². The van der Waals surface area contributed by atoms with E-state index in [1.54, 1.807) is 0 Å². The Kier molecular flexibility index (Phi) is 13.4. The summed E-state index contributed by atoms with van der Waals surface area (Å²) in [6, 6.07) is 74.3. The standard InChI is InChI=1S/C86H86BN3/c1-56-45-48-84(11,12)70-55-73-77(54-68(56)70)89(74-43-38-64(82(5,6)7)50-69(74)60-29-21-16-22-30-60)79-53-67(90-75-44-39-65(83(8,9)10)51-71(75)86(47-24-23-46-85(86,90)13)63-36-34-62(35-37-63)81(2,3)4)52-78-80(79)87(73)72-49-61(58-27-19-15-20-28-58)33-42-76(72)88(78)66-40-31-59(32-41-66)57-25-17-14-18-26-57/h14-15,17-21,25-44,49-56H,23-24,45-48H2,1-13H3. The maximum absolute atomic E-state index is 3.41. The van der Waals surface area contributed by atoms with Gasteiger partial charge in [-0.05, 0) is 216 Å². The molecule has 1 saturated carbocycles. The average molecular weight is 1170 g/mol. The number of nitrogens with zero attached hydrogens (tertiary/aromatic N) is 3. The predicted molar refractivity (Wildman–Crippen MR) is 385 cm³/mol. The lowest BCUT2D eigenvalue weighted by molar-refractivity contribution is 0.215. The number of fused-ring (bicyclic) bond motifs is 8. The first kappa shape index (κ1) is 57.9. The summed E-state index contributed by atoms with van der Waals surface area (Å²) < 4.78 is 0. The largest absolute Gasteiger partial charge is 0.334 e. The molecule has 3 nitrogen and oxygen atoms in total. The Morgan fingerprint density at radius 1 is 0.467 bits per heavy atom. The molecule has 9 aromatic rings. The first-order valence-electron chi connectivity index (χ1n) is 33.4. The molecule has 3 heterocycles. The molecule has 3 unspecified atom stereocenters. The Hall–Kier alpha value is -8.52. The van der Waals surface area contributed by atoms with Crippen LogP contribution < -0.4 is 31.1 Å². The Balaban J connectivity index is 1.09. The SMILES string of the molecule is CC1CCC(C)(C)c2cc3c(cc21)N(c1ccc(C(C)(C)C)cc1C1=CC=C=C=C1)c1cc(N2c4ccc(C(C)(C)C)cc4C4(c5ccc(C(C)(C)C)cc5)CCCCC24C)cc2c1B3c1cc(-c3ccccc3)ccc1N2c1ccc(-c2ccccc2)cc1. The molecule has 0 aromatic heterocycles. The Morgan fingerprint density at radius 3 is 1.70 bits per heavy atom. The molecule has 0 radical (unpaired) electrons. The molecule has 0 bridgehead atoms. The number of rotatable bonds is 7. The van der Waals surface area contributed by atoms with Gasteiger partial charge in [-0.25, -0.2) is 0 Å². The average Bonchev–Trinajstić information content (AvgIpc) is 1.33. The highest BCUT2D eigenvalue weighted by Crippen LogP contribution is 2.65. The predicted octanol–water partition coefficient (Wildman–Crippen LogP) is 21.2.